The molecule has 2 rings (SSSR count). The van der Waals surface area contributed by atoms with E-state index in [1.54, 1.807) is 0 Å². The zero-order valence-electron chi connectivity index (χ0n) is 5.71. The van der Waals surface area contributed by atoms with E-state index in [0.29, 0.717) is 11.8 Å². The normalized spacial score (nSPS) is 37.0. The summed E-state index contributed by atoms with van der Waals surface area (Å²) in [4.78, 5) is 0.802. The van der Waals surface area contributed by atoms with Gasteiger partial charge < -0.3 is 0 Å². The lowest BCUT2D eigenvalue weighted by Gasteiger charge is -2.07. The minimum atomic E-state index is -1.87. The van der Waals surface area contributed by atoms with Crippen molar-refractivity contribution < 1.29 is 8.42 Å². The number of hydrogen-bond acceptors (Lipinski definition) is 2. The Bertz CT molecular complexity index is 268. The van der Waals surface area contributed by atoms with E-state index in [1.807, 2.05) is 0 Å². The summed E-state index contributed by atoms with van der Waals surface area (Å²) in [5, 5.41) is 0. The molecule has 0 aromatic heterocycles. The Kier molecular flexibility index (Phi) is 1.34. The first-order valence-corrected chi connectivity index (χ1v) is 4.80. The van der Waals surface area contributed by atoms with Crippen LogP contribution in [0.1, 0.15) is 25.7 Å². The summed E-state index contributed by atoms with van der Waals surface area (Å²) in [6.07, 6.45) is 4.38. The van der Waals surface area contributed by atoms with Gasteiger partial charge >= 0.3 is 0 Å². The van der Waals surface area contributed by atoms with Crippen molar-refractivity contribution in [2.45, 2.75) is 25.7 Å². The van der Waals surface area contributed by atoms with Gasteiger partial charge in [0.25, 0.3) is 0 Å². The second-order valence-corrected chi connectivity index (χ2v) is 4.27. The third-order valence-electron chi connectivity index (χ3n) is 2.70. The van der Waals surface area contributed by atoms with Gasteiger partial charge in [-0.1, -0.05) is 0 Å². The summed E-state index contributed by atoms with van der Waals surface area (Å²) in [5.74, 6) is 1.14. The molecule has 2 aliphatic carbocycles. The number of hydrogen-bond donors (Lipinski definition) is 0. The lowest BCUT2D eigenvalue weighted by atomic mass is 10.0. The van der Waals surface area contributed by atoms with Gasteiger partial charge in [0.1, 0.15) is 0 Å². The number of rotatable bonds is 0. The minimum Gasteiger partial charge on any atom is -0.185 e. The molecule has 0 aromatic carbocycles. The molecular formula is C7H10O2S. The molecule has 2 nitrogen and oxygen atoms in total. The van der Waals surface area contributed by atoms with Crippen LogP contribution in [-0.4, -0.2) is 13.3 Å². The Labute approximate surface area is 61.8 Å². The van der Waals surface area contributed by atoms with Crippen LogP contribution < -0.4 is 0 Å². The molecule has 2 fully saturated rings. The molecule has 2 bridgehead atoms. The molecule has 10 heavy (non-hydrogen) atoms. The van der Waals surface area contributed by atoms with Gasteiger partial charge in [0.15, 0.2) is 0 Å². The average Bonchev–Trinajstić information content (AvgIpc) is 2.44. The van der Waals surface area contributed by atoms with Crippen LogP contribution in [0.2, 0.25) is 0 Å². The van der Waals surface area contributed by atoms with Gasteiger partial charge in [-0.15, -0.1) is 0 Å². The Balaban J connectivity index is 2.40. The maximum absolute atomic E-state index is 10.6. The van der Waals surface area contributed by atoms with Crippen molar-refractivity contribution in [3.63, 3.8) is 0 Å². The summed E-state index contributed by atoms with van der Waals surface area (Å²) in [6, 6.07) is 0. The molecule has 0 heterocycles. The highest BCUT2D eigenvalue weighted by molar-refractivity contribution is 7.73. The lowest BCUT2D eigenvalue weighted by Crippen LogP contribution is -2.09. The summed E-state index contributed by atoms with van der Waals surface area (Å²) < 4.78 is 21.1. The first-order chi connectivity index (χ1) is 4.77. The van der Waals surface area contributed by atoms with Crippen LogP contribution in [0, 0.1) is 11.8 Å². The standard InChI is InChI=1S/C7H10O2S/c8-10(9)7-4-5-1-2-6(7)3-5/h5-6H,1-4H2. The van der Waals surface area contributed by atoms with Crippen molar-refractivity contribution in [3.8, 4) is 0 Å². The molecule has 0 saturated heterocycles. The van der Waals surface area contributed by atoms with Gasteiger partial charge in [-0.05, 0) is 37.5 Å². The smallest absolute Gasteiger partial charge is 0.185 e. The van der Waals surface area contributed by atoms with Gasteiger partial charge in [0.05, 0.1) is 4.86 Å². The molecule has 0 radical (unpaired) electrons. The van der Waals surface area contributed by atoms with E-state index in [-0.39, 0.29) is 0 Å². The minimum absolute atomic E-state index is 0.434. The van der Waals surface area contributed by atoms with Crippen LogP contribution in [0.5, 0.6) is 0 Å². The van der Waals surface area contributed by atoms with E-state index < -0.39 is 10.3 Å². The summed E-state index contributed by atoms with van der Waals surface area (Å²) >= 11 is 0. The maximum atomic E-state index is 10.6. The van der Waals surface area contributed by atoms with Crippen molar-refractivity contribution in [2.75, 3.05) is 0 Å². The van der Waals surface area contributed by atoms with E-state index >= 15 is 0 Å². The molecule has 3 heteroatoms. The molecule has 0 aromatic rings. The summed E-state index contributed by atoms with van der Waals surface area (Å²) in [7, 11) is -1.87. The fourth-order valence-electron chi connectivity index (χ4n) is 2.21. The van der Waals surface area contributed by atoms with Crippen molar-refractivity contribution in [1.82, 2.24) is 0 Å². The van der Waals surface area contributed by atoms with Crippen LogP contribution in [-0.2, 0) is 10.3 Å². The highest BCUT2D eigenvalue weighted by Gasteiger charge is 2.37. The van der Waals surface area contributed by atoms with Crippen LogP contribution in [0.3, 0.4) is 0 Å². The second kappa shape index (κ2) is 2.09. The van der Waals surface area contributed by atoms with Crippen LogP contribution in [0.15, 0.2) is 0 Å². The van der Waals surface area contributed by atoms with Gasteiger partial charge in [-0.3, -0.25) is 0 Å². The Morgan fingerprint density at radius 1 is 1.30 bits per heavy atom. The van der Waals surface area contributed by atoms with Crippen molar-refractivity contribution in [3.05, 3.63) is 0 Å². The van der Waals surface area contributed by atoms with Crippen molar-refractivity contribution in [2.24, 2.45) is 11.8 Å². The van der Waals surface area contributed by atoms with Gasteiger partial charge in [0, 0.05) is 0 Å². The molecule has 0 spiro atoms. The molecule has 0 N–H and O–H groups in total. The van der Waals surface area contributed by atoms with Crippen molar-refractivity contribution in [1.29, 1.82) is 0 Å². The maximum Gasteiger partial charge on any atom is 0.213 e. The predicted molar refractivity (Wildman–Crippen MR) is 39.4 cm³/mol. The second-order valence-electron chi connectivity index (χ2n) is 3.28. The van der Waals surface area contributed by atoms with Gasteiger partial charge in [-0.25, -0.2) is 0 Å². The fourth-order valence-corrected chi connectivity index (χ4v) is 3.07. The SMILES string of the molecule is O=S(=O)=C1CC2CCC1C2. The quantitative estimate of drug-likeness (QED) is 0.490. The first-order valence-electron chi connectivity index (χ1n) is 3.72. The third kappa shape index (κ3) is 0.804. The summed E-state index contributed by atoms with van der Waals surface area (Å²) in [6.45, 7) is 0. The zero-order chi connectivity index (χ0) is 7.14. The Hall–Kier alpha value is -0.310. The highest BCUT2D eigenvalue weighted by Crippen LogP contribution is 2.42. The van der Waals surface area contributed by atoms with E-state index in [4.69, 9.17) is 0 Å². The van der Waals surface area contributed by atoms with Gasteiger partial charge in [0.2, 0.25) is 10.3 Å². The van der Waals surface area contributed by atoms with E-state index in [1.165, 1.54) is 6.42 Å². The topological polar surface area (TPSA) is 34.1 Å². The van der Waals surface area contributed by atoms with Crippen LogP contribution in [0.4, 0.5) is 0 Å². The predicted octanol–water partition coefficient (Wildman–Crippen LogP) is 0.858. The zero-order valence-corrected chi connectivity index (χ0v) is 6.52. The number of fused-ring (bicyclic) bond motifs is 2. The van der Waals surface area contributed by atoms with Crippen molar-refractivity contribution >= 4 is 15.2 Å². The first kappa shape index (κ1) is 6.40. The van der Waals surface area contributed by atoms with E-state index in [9.17, 15) is 8.42 Å². The van der Waals surface area contributed by atoms with Crippen LogP contribution >= 0.6 is 0 Å². The molecule has 56 valence electrons. The molecule has 0 aliphatic heterocycles. The monoisotopic (exact) mass is 158 g/mol. The third-order valence-corrected chi connectivity index (χ3v) is 3.63. The molecule has 2 aliphatic rings. The van der Waals surface area contributed by atoms with Crippen LogP contribution in [0.25, 0.3) is 0 Å². The summed E-state index contributed by atoms with van der Waals surface area (Å²) in [5.41, 5.74) is 0. The Morgan fingerprint density at radius 3 is 2.40 bits per heavy atom. The lowest BCUT2D eigenvalue weighted by molar-refractivity contribution is 0.591. The molecular weight excluding hydrogens is 148 g/mol. The van der Waals surface area contributed by atoms with Gasteiger partial charge in [-0.2, -0.15) is 8.42 Å². The highest BCUT2D eigenvalue weighted by atomic mass is 32.2. The largest absolute Gasteiger partial charge is 0.213 e. The average molecular weight is 158 g/mol. The molecule has 2 saturated carbocycles. The molecule has 2 atom stereocenters. The Morgan fingerprint density at radius 2 is 2.10 bits per heavy atom. The fraction of sp³-hybridized carbons (Fsp3) is 0.857. The van der Waals surface area contributed by atoms with E-state index in [2.05, 4.69) is 0 Å². The molecule has 2 unspecified atom stereocenters. The van der Waals surface area contributed by atoms with E-state index in [0.717, 1.165) is 24.1 Å². The molecule has 0 amide bonds.